The lowest BCUT2D eigenvalue weighted by atomic mass is 10.1. The lowest BCUT2D eigenvalue weighted by Gasteiger charge is -2.35. The Morgan fingerprint density at radius 2 is 1.76 bits per heavy atom. The third kappa shape index (κ3) is 4.16. The average molecular weight is 524 g/mol. The molecular formula is C30H33N7S. The standard InChI is InChI=1S/C30H33N7S/c1-20-21(2)38-30(33-20)26-25-9-5-6-13-37(25)28-27(26)31-19-32-29(28)36-17-15-35(16-18-36)14-12-23-11-10-22-7-3-4-8-24(22)34-23/h3-4,7-8,10-11,19H,5-6,9,12-18H2,1-2H3. The molecule has 0 radical (unpaired) electrons. The molecule has 0 atom stereocenters. The van der Waals surface area contributed by atoms with Crippen molar-refractivity contribution in [3.8, 4) is 10.6 Å². The first-order chi connectivity index (χ1) is 18.7. The summed E-state index contributed by atoms with van der Waals surface area (Å²) >= 11 is 1.80. The number of pyridine rings is 1. The second kappa shape index (κ2) is 9.75. The van der Waals surface area contributed by atoms with Gasteiger partial charge in [-0.15, -0.1) is 11.3 Å². The zero-order valence-corrected chi connectivity index (χ0v) is 23.0. The molecule has 8 heteroatoms. The van der Waals surface area contributed by atoms with Crippen LogP contribution in [0.5, 0.6) is 0 Å². The van der Waals surface area contributed by atoms with Crippen molar-refractivity contribution in [1.82, 2.24) is 29.4 Å². The number of benzene rings is 1. The maximum absolute atomic E-state index is 4.94. The highest BCUT2D eigenvalue weighted by Gasteiger charge is 2.29. The van der Waals surface area contributed by atoms with E-state index in [1.54, 1.807) is 17.7 Å². The van der Waals surface area contributed by atoms with Crippen LogP contribution in [0.2, 0.25) is 0 Å². The molecule has 6 heterocycles. The van der Waals surface area contributed by atoms with Crippen LogP contribution in [0.1, 0.15) is 34.8 Å². The Labute approximate surface area is 227 Å². The number of nitrogens with zero attached hydrogens (tertiary/aromatic N) is 7. The van der Waals surface area contributed by atoms with Crippen molar-refractivity contribution in [2.75, 3.05) is 37.6 Å². The number of piperazine rings is 1. The fourth-order valence-electron chi connectivity index (χ4n) is 6.02. The molecule has 1 fully saturated rings. The maximum atomic E-state index is 4.94. The van der Waals surface area contributed by atoms with Crippen molar-refractivity contribution in [1.29, 1.82) is 0 Å². The van der Waals surface area contributed by atoms with E-state index in [0.29, 0.717) is 0 Å². The van der Waals surface area contributed by atoms with E-state index in [1.807, 2.05) is 0 Å². The van der Waals surface area contributed by atoms with Gasteiger partial charge < -0.3 is 9.47 Å². The molecule has 1 saturated heterocycles. The van der Waals surface area contributed by atoms with E-state index < -0.39 is 0 Å². The van der Waals surface area contributed by atoms with Crippen molar-refractivity contribution in [2.24, 2.45) is 0 Å². The number of hydrogen-bond donors (Lipinski definition) is 0. The molecule has 0 unspecified atom stereocenters. The first kappa shape index (κ1) is 23.7. The molecule has 0 aliphatic carbocycles. The van der Waals surface area contributed by atoms with Gasteiger partial charge in [0.05, 0.1) is 16.8 Å². The summed E-state index contributed by atoms with van der Waals surface area (Å²) < 4.78 is 2.51. The highest BCUT2D eigenvalue weighted by molar-refractivity contribution is 7.15. The largest absolute Gasteiger partial charge is 0.352 e. The summed E-state index contributed by atoms with van der Waals surface area (Å²) in [6.07, 6.45) is 6.25. The first-order valence-electron chi connectivity index (χ1n) is 13.8. The van der Waals surface area contributed by atoms with Crippen LogP contribution in [-0.2, 0) is 19.4 Å². The van der Waals surface area contributed by atoms with Crippen LogP contribution >= 0.6 is 11.3 Å². The zero-order valence-electron chi connectivity index (χ0n) is 22.2. The summed E-state index contributed by atoms with van der Waals surface area (Å²) in [6.45, 7) is 10.4. The SMILES string of the molecule is Cc1nc(-c2c3n(c4c(N5CCN(CCc6ccc7ccccc7n6)CC5)ncnc24)CCCC3)sc1C. The van der Waals surface area contributed by atoms with Crippen LogP contribution in [0, 0.1) is 13.8 Å². The quantitative estimate of drug-likeness (QED) is 0.307. The minimum absolute atomic E-state index is 0.975. The summed E-state index contributed by atoms with van der Waals surface area (Å²) in [7, 11) is 0. The van der Waals surface area contributed by atoms with Crippen molar-refractivity contribution in [3.63, 3.8) is 0 Å². The molecular weight excluding hydrogens is 490 g/mol. The van der Waals surface area contributed by atoms with Gasteiger partial charge in [0, 0.05) is 67.3 Å². The van der Waals surface area contributed by atoms with E-state index in [9.17, 15) is 0 Å². The Hall–Kier alpha value is -3.36. The maximum Gasteiger partial charge on any atom is 0.156 e. The third-order valence-corrected chi connectivity index (χ3v) is 9.31. The van der Waals surface area contributed by atoms with Gasteiger partial charge >= 0.3 is 0 Å². The molecule has 4 aromatic heterocycles. The van der Waals surface area contributed by atoms with Crippen LogP contribution in [0.4, 0.5) is 5.82 Å². The summed E-state index contributed by atoms with van der Waals surface area (Å²) in [5.41, 5.74) is 8.29. The van der Waals surface area contributed by atoms with Gasteiger partial charge in [0.2, 0.25) is 0 Å². The van der Waals surface area contributed by atoms with Gasteiger partial charge in [-0.25, -0.2) is 15.0 Å². The van der Waals surface area contributed by atoms with E-state index in [4.69, 9.17) is 19.9 Å². The average Bonchev–Trinajstić information content (AvgIpc) is 3.48. The molecule has 1 aromatic carbocycles. The van der Waals surface area contributed by atoms with E-state index >= 15 is 0 Å². The summed E-state index contributed by atoms with van der Waals surface area (Å²) in [4.78, 5) is 25.8. The molecule has 2 aliphatic rings. The lowest BCUT2D eigenvalue weighted by Crippen LogP contribution is -2.47. The number of fused-ring (bicyclic) bond motifs is 4. The fraction of sp³-hybridized carbons (Fsp3) is 0.400. The Balaban J connectivity index is 1.12. The highest BCUT2D eigenvalue weighted by atomic mass is 32.1. The van der Waals surface area contributed by atoms with Gasteiger partial charge in [0.15, 0.2) is 5.82 Å². The Bertz CT molecular complexity index is 1610. The topological polar surface area (TPSA) is 63.0 Å². The monoisotopic (exact) mass is 523 g/mol. The van der Waals surface area contributed by atoms with Crippen molar-refractivity contribution >= 4 is 39.1 Å². The molecule has 0 N–H and O–H groups in total. The van der Waals surface area contributed by atoms with Gasteiger partial charge in [0.1, 0.15) is 22.4 Å². The van der Waals surface area contributed by atoms with E-state index in [-0.39, 0.29) is 0 Å². The predicted molar refractivity (Wildman–Crippen MR) is 155 cm³/mol. The molecule has 194 valence electrons. The summed E-state index contributed by atoms with van der Waals surface area (Å²) in [6, 6.07) is 12.7. The molecule has 0 saturated carbocycles. The number of anilines is 1. The molecule has 0 bridgehead atoms. The summed E-state index contributed by atoms with van der Waals surface area (Å²) in [5, 5.41) is 2.31. The Morgan fingerprint density at radius 1 is 0.895 bits per heavy atom. The van der Waals surface area contributed by atoms with Crippen LogP contribution in [0.3, 0.4) is 0 Å². The smallest absolute Gasteiger partial charge is 0.156 e. The van der Waals surface area contributed by atoms with Crippen LogP contribution in [0.25, 0.3) is 32.5 Å². The number of rotatable bonds is 5. The number of para-hydroxylation sites is 1. The number of hydrogen-bond acceptors (Lipinski definition) is 7. The van der Waals surface area contributed by atoms with Gasteiger partial charge in [-0.2, -0.15) is 0 Å². The van der Waals surface area contributed by atoms with Crippen molar-refractivity contribution < 1.29 is 0 Å². The molecule has 2 aliphatic heterocycles. The van der Waals surface area contributed by atoms with Crippen molar-refractivity contribution in [2.45, 2.75) is 46.1 Å². The third-order valence-electron chi connectivity index (χ3n) is 8.22. The molecule has 5 aromatic rings. The fourth-order valence-corrected chi connectivity index (χ4v) is 7.00. The highest BCUT2D eigenvalue weighted by Crippen LogP contribution is 2.41. The second-order valence-corrected chi connectivity index (χ2v) is 11.8. The van der Waals surface area contributed by atoms with E-state index in [1.165, 1.54) is 45.6 Å². The first-order valence-corrected chi connectivity index (χ1v) is 14.6. The van der Waals surface area contributed by atoms with Gasteiger partial charge in [0.25, 0.3) is 0 Å². The predicted octanol–water partition coefficient (Wildman–Crippen LogP) is 5.42. The second-order valence-electron chi connectivity index (χ2n) is 10.6. The van der Waals surface area contributed by atoms with Crippen molar-refractivity contribution in [3.05, 3.63) is 64.7 Å². The molecule has 0 amide bonds. The van der Waals surface area contributed by atoms with Crippen LogP contribution in [-0.4, -0.2) is 62.1 Å². The number of aryl methyl sites for hydroxylation is 3. The van der Waals surface area contributed by atoms with Gasteiger partial charge in [-0.3, -0.25) is 9.88 Å². The molecule has 7 rings (SSSR count). The molecule has 7 nitrogen and oxygen atoms in total. The minimum atomic E-state index is 0.975. The number of thiazole rings is 1. The number of aromatic nitrogens is 5. The normalized spacial score (nSPS) is 16.4. The summed E-state index contributed by atoms with van der Waals surface area (Å²) in [5.74, 6) is 1.09. The molecule has 0 spiro atoms. The van der Waals surface area contributed by atoms with E-state index in [0.717, 1.165) is 79.7 Å². The zero-order chi connectivity index (χ0) is 25.6. The Kier molecular flexibility index (Phi) is 6.09. The lowest BCUT2D eigenvalue weighted by molar-refractivity contribution is 0.260. The minimum Gasteiger partial charge on any atom is -0.352 e. The Morgan fingerprint density at radius 3 is 2.61 bits per heavy atom. The van der Waals surface area contributed by atoms with Gasteiger partial charge in [-0.05, 0) is 45.2 Å². The molecule has 38 heavy (non-hydrogen) atoms. The van der Waals surface area contributed by atoms with E-state index in [2.05, 4.69) is 64.6 Å². The van der Waals surface area contributed by atoms with Gasteiger partial charge in [-0.1, -0.05) is 24.3 Å². The van der Waals surface area contributed by atoms with Crippen LogP contribution < -0.4 is 4.90 Å². The van der Waals surface area contributed by atoms with Crippen LogP contribution in [0.15, 0.2) is 42.7 Å².